The molecule has 0 N–H and O–H groups in total. The highest BCUT2D eigenvalue weighted by Gasteiger charge is 2.15. The molecule has 0 aromatic heterocycles. The van der Waals surface area contributed by atoms with Gasteiger partial charge in [-0.1, -0.05) is 24.2 Å². The molecule has 0 spiro atoms. The highest BCUT2D eigenvalue weighted by Crippen LogP contribution is 2.38. The van der Waals surface area contributed by atoms with Gasteiger partial charge in [0, 0.05) is 27.8 Å². The molecule has 0 aliphatic carbocycles. The predicted molar refractivity (Wildman–Crippen MR) is 102 cm³/mol. The first-order valence-electron chi connectivity index (χ1n) is 8.37. The van der Waals surface area contributed by atoms with Crippen LogP contribution in [0.4, 0.5) is 0 Å². The monoisotopic (exact) mass is 354 g/mol. The van der Waals surface area contributed by atoms with E-state index in [4.69, 9.17) is 0 Å². The average molecular weight is 355 g/mol. The normalized spacial score (nSPS) is 15.2. The van der Waals surface area contributed by atoms with Gasteiger partial charge in [-0.15, -0.1) is 0 Å². The SMILES string of the molecule is Cc1cc(C)cc(Sc2ccc(C#N)cc2SN2CCCCC2)c1. The number of nitrogens with zero attached hydrogens (tertiary/aromatic N) is 2. The topological polar surface area (TPSA) is 27.0 Å². The molecule has 1 fully saturated rings. The van der Waals surface area contributed by atoms with Crippen LogP contribution >= 0.6 is 23.7 Å². The van der Waals surface area contributed by atoms with E-state index in [-0.39, 0.29) is 0 Å². The number of hydrogen-bond acceptors (Lipinski definition) is 4. The summed E-state index contributed by atoms with van der Waals surface area (Å²) in [6, 6.07) is 15.0. The molecular formula is C20H22N2S2. The largest absolute Gasteiger partial charge is 0.246 e. The van der Waals surface area contributed by atoms with Crippen LogP contribution < -0.4 is 0 Å². The van der Waals surface area contributed by atoms with E-state index < -0.39 is 0 Å². The third kappa shape index (κ3) is 4.57. The highest BCUT2D eigenvalue weighted by atomic mass is 32.2. The Hall–Kier alpha value is -1.41. The van der Waals surface area contributed by atoms with Gasteiger partial charge >= 0.3 is 0 Å². The Kier molecular flexibility index (Phi) is 5.89. The van der Waals surface area contributed by atoms with Gasteiger partial charge in [0.05, 0.1) is 11.6 Å². The van der Waals surface area contributed by atoms with Crippen LogP contribution in [0.25, 0.3) is 0 Å². The summed E-state index contributed by atoms with van der Waals surface area (Å²) in [6.07, 6.45) is 3.87. The molecule has 124 valence electrons. The second-order valence-corrected chi connectivity index (χ2v) is 8.53. The lowest BCUT2D eigenvalue weighted by Gasteiger charge is -2.26. The lowest BCUT2D eigenvalue weighted by Crippen LogP contribution is -2.22. The van der Waals surface area contributed by atoms with Gasteiger partial charge in [-0.3, -0.25) is 0 Å². The van der Waals surface area contributed by atoms with Crippen LogP contribution in [-0.4, -0.2) is 17.4 Å². The minimum absolute atomic E-state index is 0.735. The number of piperidine rings is 1. The molecular weight excluding hydrogens is 332 g/mol. The van der Waals surface area contributed by atoms with Crippen LogP contribution in [0, 0.1) is 25.2 Å². The first kappa shape index (κ1) is 17.4. The third-order valence-corrected chi connectivity index (χ3v) is 6.37. The van der Waals surface area contributed by atoms with E-state index in [9.17, 15) is 5.26 Å². The Balaban J connectivity index is 1.86. The maximum Gasteiger partial charge on any atom is 0.0992 e. The predicted octanol–water partition coefficient (Wildman–Crippen LogP) is 5.82. The van der Waals surface area contributed by atoms with Crippen molar-refractivity contribution < 1.29 is 0 Å². The summed E-state index contributed by atoms with van der Waals surface area (Å²) in [6.45, 7) is 6.54. The highest BCUT2D eigenvalue weighted by molar-refractivity contribution is 8.01. The van der Waals surface area contributed by atoms with Crippen molar-refractivity contribution in [2.45, 2.75) is 47.8 Å². The number of aryl methyl sites for hydroxylation is 2. The Morgan fingerprint density at radius 3 is 2.29 bits per heavy atom. The Bertz CT molecular complexity index is 738. The molecule has 0 saturated carbocycles. The van der Waals surface area contributed by atoms with Crippen molar-refractivity contribution in [2.75, 3.05) is 13.1 Å². The quantitative estimate of drug-likeness (QED) is 0.647. The average Bonchev–Trinajstić information content (AvgIpc) is 2.56. The molecule has 1 saturated heterocycles. The van der Waals surface area contributed by atoms with Gasteiger partial charge in [0.1, 0.15) is 0 Å². The lowest BCUT2D eigenvalue weighted by atomic mass is 10.2. The molecule has 0 bridgehead atoms. The van der Waals surface area contributed by atoms with E-state index in [1.165, 1.54) is 45.1 Å². The number of rotatable bonds is 4. The minimum atomic E-state index is 0.735. The fourth-order valence-corrected chi connectivity index (χ4v) is 5.28. The van der Waals surface area contributed by atoms with Crippen LogP contribution in [0.2, 0.25) is 0 Å². The molecule has 3 rings (SSSR count). The lowest BCUT2D eigenvalue weighted by molar-refractivity contribution is 0.380. The summed E-state index contributed by atoms with van der Waals surface area (Å²) in [5, 5.41) is 9.24. The zero-order chi connectivity index (χ0) is 16.9. The molecule has 1 aliphatic rings. The van der Waals surface area contributed by atoms with Crippen molar-refractivity contribution in [3.8, 4) is 6.07 Å². The molecule has 2 aromatic rings. The van der Waals surface area contributed by atoms with E-state index in [1.54, 1.807) is 11.8 Å². The minimum Gasteiger partial charge on any atom is -0.246 e. The zero-order valence-corrected chi connectivity index (χ0v) is 15.8. The second-order valence-electron chi connectivity index (χ2n) is 6.28. The Morgan fingerprint density at radius 2 is 1.62 bits per heavy atom. The number of benzene rings is 2. The van der Waals surface area contributed by atoms with Crippen LogP contribution in [0.15, 0.2) is 51.1 Å². The first-order chi connectivity index (χ1) is 11.6. The van der Waals surface area contributed by atoms with Gasteiger partial charge < -0.3 is 0 Å². The molecule has 0 unspecified atom stereocenters. The molecule has 0 atom stereocenters. The Morgan fingerprint density at radius 1 is 0.917 bits per heavy atom. The number of hydrogen-bond donors (Lipinski definition) is 0. The second kappa shape index (κ2) is 8.11. The molecule has 1 heterocycles. The van der Waals surface area contributed by atoms with Crippen molar-refractivity contribution in [2.24, 2.45) is 0 Å². The van der Waals surface area contributed by atoms with E-state index >= 15 is 0 Å². The van der Waals surface area contributed by atoms with Gasteiger partial charge in [-0.05, 0) is 80.1 Å². The summed E-state index contributed by atoms with van der Waals surface area (Å²) in [5.74, 6) is 0. The van der Waals surface area contributed by atoms with Crippen molar-refractivity contribution in [1.82, 2.24) is 4.31 Å². The maximum absolute atomic E-state index is 9.24. The summed E-state index contributed by atoms with van der Waals surface area (Å²) in [4.78, 5) is 3.69. The van der Waals surface area contributed by atoms with E-state index in [0.29, 0.717) is 0 Å². The fraction of sp³-hybridized carbons (Fsp3) is 0.350. The van der Waals surface area contributed by atoms with Gasteiger partial charge in [0.15, 0.2) is 0 Å². The van der Waals surface area contributed by atoms with E-state index in [2.05, 4.69) is 48.5 Å². The van der Waals surface area contributed by atoms with Gasteiger partial charge in [-0.25, -0.2) is 4.31 Å². The van der Waals surface area contributed by atoms with Crippen molar-refractivity contribution in [1.29, 1.82) is 5.26 Å². The van der Waals surface area contributed by atoms with Gasteiger partial charge in [0.2, 0.25) is 0 Å². The van der Waals surface area contributed by atoms with Crippen molar-refractivity contribution in [3.05, 3.63) is 53.1 Å². The molecule has 1 aliphatic heterocycles. The van der Waals surface area contributed by atoms with Gasteiger partial charge in [0.25, 0.3) is 0 Å². The first-order valence-corrected chi connectivity index (χ1v) is 9.96. The summed E-state index contributed by atoms with van der Waals surface area (Å²) in [5.41, 5.74) is 3.31. The summed E-state index contributed by atoms with van der Waals surface area (Å²) in [7, 11) is 0. The fourth-order valence-electron chi connectivity index (χ4n) is 2.95. The van der Waals surface area contributed by atoms with E-state index in [0.717, 1.165) is 18.7 Å². The zero-order valence-electron chi connectivity index (χ0n) is 14.2. The van der Waals surface area contributed by atoms with Crippen LogP contribution in [0.5, 0.6) is 0 Å². The molecule has 0 amide bonds. The van der Waals surface area contributed by atoms with Crippen LogP contribution in [0.3, 0.4) is 0 Å². The van der Waals surface area contributed by atoms with E-state index in [1.807, 2.05) is 24.1 Å². The third-order valence-electron chi connectivity index (χ3n) is 4.04. The number of nitriles is 1. The standard InChI is InChI=1S/C20H22N2S2/c1-15-10-16(2)12-18(11-15)23-19-7-6-17(14-21)13-20(19)24-22-8-4-3-5-9-22/h6-7,10-13H,3-5,8-9H2,1-2H3. The molecule has 24 heavy (non-hydrogen) atoms. The molecule has 2 aromatic carbocycles. The van der Waals surface area contributed by atoms with Gasteiger partial charge in [-0.2, -0.15) is 5.26 Å². The molecule has 2 nitrogen and oxygen atoms in total. The smallest absolute Gasteiger partial charge is 0.0992 e. The van der Waals surface area contributed by atoms with Crippen LogP contribution in [0.1, 0.15) is 36.0 Å². The Labute approximate surface area is 153 Å². The molecule has 4 heteroatoms. The summed E-state index contributed by atoms with van der Waals surface area (Å²) >= 11 is 3.60. The summed E-state index contributed by atoms with van der Waals surface area (Å²) < 4.78 is 2.44. The van der Waals surface area contributed by atoms with Crippen molar-refractivity contribution >= 4 is 23.7 Å². The van der Waals surface area contributed by atoms with Crippen molar-refractivity contribution in [3.63, 3.8) is 0 Å². The molecule has 0 radical (unpaired) electrons. The van der Waals surface area contributed by atoms with Crippen LogP contribution in [-0.2, 0) is 0 Å². The maximum atomic E-state index is 9.24.